The van der Waals surface area contributed by atoms with E-state index in [-0.39, 0.29) is 17.5 Å². The number of nitrogens with zero attached hydrogens (tertiary/aromatic N) is 2. The number of hydrogen-bond donors (Lipinski definition) is 1. The Morgan fingerprint density at radius 3 is 2.23 bits per heavy atom. The summed E-state index contributed by atoms with van der Waals surface area (Å²) >= 11 is 0. The highest BCUT2D eigenvalue weighted by molar-refractivity contribution is 5.82. The van der Waals surface area contributed by atoms with E-state index < -0.39 is 0 Å². The normalized spacial score (nSPS) is 35.0. The lowest BCUT2D eigenvalue weighted by Crippen LogP contribution is -2.63. The summed E-state index contributed by atoms with van der Waals surface area (Å²) in [6, 6.07) is 10.5. The van der Waals surface area contributed by atoms with Crippen molar-refractivity contribution in [3.63, 3.8) is 0 Å². The van der Waals surface area contributed by atoms with Crippen LogP contribution in [0.3, 0.4) is 0 Å². The topological polar surface area (TPSA) is 35.6 Å². The van der Waals surface area contributed by atoms with Crippen molar-refractivity contribution in [1.29, 1.82) is 0 Å². The number of nitrogens with one attached hydrogen (secondary N) is 1. The molecule has 5 fully saturated rings. The third-order valence-electron chi connectivity index (χ3n) is 8.23. The summed E-state index contributed by atoms with van der Waals surface area (Å²) in [5.41, 5.74) is 1.38. The molecular formula is C26H37N3O. The maximum Gasteiger partial charge on any atom is 0.237 e. The highest BCUT2D eigenvalue weighted by atomic mass is 16.2. The first kappa shape index (κ1) is 20.3. The van der Waals surface area contributed by atoms with Crippen molar-refractivity contribution in [2.24, 2.45) is 17.8 Å². The van der Waals surface area contributed by atoms with Crippen LogP contribution < -0.4 is 5.32 Å². The number of rotatable bonds is 6. The van der Waals surface area contributed by atoms with Crippen molar-refractivity contribution >= 4 is 12.0 Å². The van der Waals surface area contributed by atoms with Gasteiger partial charge in [0.05, 0.1) is 6.04 Å². The van der Waals surface area contributed by atoms with Gasteiger partial charge in [0.15, 0.2) is 0 Å². The van der Waals surface area contributed by atoms with Crippen LogP contribution in [0.1, 0.15) is 51.0 Å². The predicted molar refractivity (Wildman–Crippen MR) is 122 cm³/mol. The van der Waals surface area contributed by atoms with Crippen molar-refractivity contribution in [2.75, 3.05) is 32.7 Å². The van der Waals surface area contributed by atoms with E-state index in [1.54, 1.807) is 0 Å². The first-order chi connectivity index (χ1) is 14.6. The minimum atomic E-state index is -0.0139. The van der Waals surface area contributed by atoms with Crippen LogP contribution in [0.4, 0.5) is 0 Å². The number of piperazine rings is 1. The Hall–Kier alpha value is -1.65. The molecule has 30 heavy (non-hydrogen) atoms. The molecule has 1 heterocycles. The standard InChI is InChI=1S/C26H37N3O/c1-20(25(30)27-26-17-22-14-23(18-26)16-24(15-22)19-26)29-12-10-28(11-13-29)9-5-8-21-6-3-2-4-7-21/h2-8,20,22-24H,9-19H2,1H3,(H,27,30)/b8-5+/t20-,22?,23?,24?,26?/m0/s1. The number of amides is 1. The molecule has 0 aromatic heterocycles. The van der Waals surface area contributed by atoms with Crippen LogP contribution in [0.2, 0.25) is 0 Å². The minimum absolute atomic E-state index is 0.0139. The van der Waals surface area contributed by atoms with Crippen LogP contribution in [0.5, 0.6) is 0 Å². The van der Waals surface area contributed by atoms with E-state index in [1.807, 2.05) is 0 Å². The second-order valence-corrected chi connectivity index (χ2v) is 10.5. The van der Waals surface area contributed by atoms with Crippen LogP contribution in [0.25, 0.3) is 6.08 Å². The Balaban J connectivity index is 1.09. The molecule has 1 aromatic rings. The van der Waals surface area contributed by atoms with E-state index in [0.717, 1.165) is 50.5 Å². The summed E-state index contributed by atoms with van der Waals surface area (Å²) in [6.07, 6.45) is 12.4. The molecule has 5 aliphatic rings. The molecule has 0 unspecified atom stereocenters. The summed E-state index contributed by atoms with van der Waals surface area (Å²) < 4.78 is 0. The zero-order valence-electron chi connectivity index (χ0n) is 18.4. The molecule has 1 atom stereocenters. The zero-order valence-corrected chi connectivity index (χ0v) is 18.4. The molecule has 4 heteroatoms. The molecule has 1 amide bonds. The molecule has 1 aromatic carbocycles. The summed E-state index contributed by atoms with van der Waals surface area (Å²) in [5.74, 6) is 2.90. The molecule has 4 saturated carbocycles. The maximum absolute atomic E-state index is 13.2. The van der Waals surface area contributed by atoms with Crippen LogP contribution in [-0.2, 0) is 4.79 Å². The van der Waals surface area contributed by atoms with Gasteiger partial charge >= 0.3 is 0 Å². The fraction of sp³-hybridized carbons (Fsp3) is 0.654. The lowest BCUT2D eigenvalue weighted by Gasteiger charge is -2.57. The van der Waals surface area contributed by atoms with Crippen LogP contribution >= 0.6 is 0 Å². The van der Waals surface area contributed by atoms with E-state index in [2.05, 4.69) is 64.5 Å². The van der Waals surface area contributed by atoms with Crippen LogP contribution in [-0.4, -0.2) is 60.0 Å². The molecule has 6 rings (SSSR count). The molecule has 4 bridgehead atoms. The van der Waals surface area contributed by atoms with Crippen molar-refractivity contribution in [3.8, 4) is 0 Å². The largest absolute Gasteiger partial charge is 0.349 e. The number of benzene rings is 1. The summed E-state index contributed by atoms with van der Waals surface area (Å²) in [7, 11) is 0. The summed E-state index contributed by atoms with van der Waals surface area (Å²) in [4.78, 5) is 18.0. The van der Waals surface area contributed by atoms with E-state index in [0.29, 0.717) is 0 Å². The van der Waals surface area contributed by atoms with Crippen molar-refractivity contribution in [1.82, 2.24) is 15.1 Å². The average molecular weight is 408 g/mol. The molecular weight excluding hydrogens is 370 g/mol. The minimum Gasteiger partial charge on any atom is -0.349 e. The molecule has 1 N–H and O–H groups in total. The SMILES string of the molecule is C[C@@H](C(=O)NC12CC3CC(CC(C3)C1)C2)N1CCN(C/C=C/c2ccccc2)CC1. The van der Waals surface area contributed by atoms with Crippen LogP contribution in [0.15, 0.2) is 36.4 Å². The highest BCUT2D eigenvalue weighted by Crippen LogP contribution is 2.55. The van der Waals surface area contributed by atoms with E-state index in [9.17, 15) is 4.79 Å². The van der Waals surface area contributed by atoms with Crippen molar-refractivity contribution < 1.29 is 4.79 Å². The van der Waals surface area contributed by atoms with Gasteiger partial charge in [0, 0.05) is 38.3 Å². The summed E-state index contributed by atoms with van der Waals surface area (Å²) in [6.45, 7) is 7.13. The van der Waals surface area contributed by atoms with Gasteiger partial charge in [-0.25, -0.2) is 0 Å². The van der Waals surface area contributed by atoms with Gasteiger partial charge in [-0.2, -0.15) is 0 Å². The van der Waals surface area contributed by atoms with Gasteiger partial charge in [0.25, 0.3) is 0 Å². The first-order valence-corrected chi connectivity index (χ1v) is 12.1. The van der Waals surface area contributed by atoms with Gasteiger partial charge in [-0.3, -0.25) is 14.6 Å². The first-order valence-electron chi connectivity index (χ1n) is 12.1. The van der Waals surface area contributed by atoms with E-state index in [1.165, 1.54) is 44.1 Å². The lowest BCUT2D eigenvalue weighted by molar-refractivity contribution is -0.132. The lowest BCUT2D eigenvalue weighted by atomic mass is 9.53. The average Bonchev–Trinajstić information content (AvgIpc) is 2.73. The van der Waals surface area contributed by atoms with Gasteiger partial charge in [0.2, 0.25) is 5.91 Å². The molecule has 0 spiro atoms. The van der Waals surface area contributed by atoms with Crippen molar-refractivity contribution in [3.05, 3.63) is 42.0 Å². The zero-order chi connectivity index (χ0) is 20.6. The molecule has 1 saturated heterocycles. The fourth-order valence-electron chi connectivity index (χ4n) is 7.03. The third kappa shape index (κ3) is 4.36. The second-order valence-electron chi connectivity index (χ2n) is 10.5. The van der Waals surface area contributed by atoms with Gasteiger partial charge in [-0.05, 0) is 68.8 Å². The Kier molecular flexibility index (Phi) is 5.72. The number of carbonyl (C=O) groups is 1. The van der Waals surface area contributed by atoms with E-state index >= 15 is 0 Å². The monoisotopic (exact) mass is 407 g/mol. The van der Waals surface area contributed by atoms with Crippen LogP contribution in [0, 0.1) is 17.8 Å². The Bertz CT molecular complexity index is 730. The maximum atomic E-state index is 13.2. The molecule has 4 aliphatic carbocycles. The molecule has 1 aliphatic heterocycles. The van der Waals surface area contributed by atoms with E-state index in [4.69, 9.17) is 0 Å². The summed E-state index contributed by atoms with van der Waals surface area (Å²) in [5, 5.41) is 3.58. The third-order valence-corrected chi connectivity index (χ3v) is 8.23. The Morgan fingerprint density at radius 1 is 1.03 bits per heavy atom. The highest BCUT2D eigenvalue weighted by Gasteiger charge is 2.51. The Morgan fingerprint density at radius 2 is 1.63 bits per heavy atom. The number of hydrogen-bond acceptors (Lipinski definition) is 3. The molecule has 4 nitrogen and oxygen atoms in total. The molecule has 162 valence electrons. The van der Waals surface area contributed by atoms with Gasteiger partial charge in [-0.15, -0.1) is 0 Å². The smallest absolute Gasteiger partial charge is 0.237 e. The fourth-order valence-corrected chi connectivity index (χ4v) is 7.03. The second kappa shape index (κ2) is 8.47. The van der Waals surface area contributed by atoms with Gasteiger partial charge < -0.3 is 5.32 Å². The van der Waals surface area contributed by atoms with Crippen molar-refractivity contribution in [2.45, 2.75) is 57.0 Å². The van der Waals surface area contributed by atoms with Gasteiger partial charge in [0.1, 0.15) is 0 Å². The van der Waals surface area contributed by atoms with Gasteiger partial charge in [-0.1, -0.05) is 42.5 Å². The predicted octanol–water partition coefficient (Wildman–Crippen LogP) is 3.79. The quantitative estimate of drug-likeness (QED) is 0.779. The molecule has 0 radical (unpaired) electrons. The number of carbonyl (C=O) groups excluding carboxylic acids is 1. The Labute approximate surface area is 181 Å².